The van der Waals surface area contributed by atoms with Crippen molar-refractivity contribution in [1.82, 2.24) is 15.1 Å². The summed E-state index contributed by atoms with van der Waals surface area (Å²) in [5.74, 6) is 0. The van der Waals surface area contributed by atoms with Gasteiger partial charge < -0.3 is 5.73 Å². The van der Waals surface area contributed by atoms with E-state index >= 15 is 0 Å². The molecule has 3 aliphatic carbocycles. The summed E-state index contributed by atoms with van der Waals surface area (Å²) in [6.45, 7) is 1.01. The molecule has 2 saturated carbocycles. The van der Waals surface area contributed by atoms with Gasteiger partial charge in [-0.1, -0.05) is 43.5 Å². The van der Waals surface area contributed by atoms with Crippen LogP contribution < -0.4 is 11.3 Å². The van der Waals surface area contributed by atoms with Crippen LogP contribution in [-0.2, 0) is 25.8 Å². The first-order chi connectivity index (χ1) is 15.1. The van der Waals surface area contributed by atoms with Crippen molar-refractivity contribution in [3.8, 4) is 0 Å². The minimum absolute atomic E-state index is 0.0105. The lowest BCUT2D eigenvalue weighted by molar-refractivity contribution is 0.184. The molecule has 0 unspecified atom stereocenters. The van der Waals surface area contributed by atoms with Crippen molar-refractivity contribution in [3.05, 3.63) is 62.6 Å². The second kappa shape index (κ2) is 10.6. The van der Waals surface area contributed by atoms with Crippen LogP contribution in [0.1, 0.15) is 85.7 Å². The summed E-state index contributed by atoms with van der Waals surface area (Å²) in [5.41, 5.74) is 11.1. The monoisotopic (exact) mass is 422 g/mol. The van der Waals surface area contributed by atoms with Crippen molar-refractivity contribution in [3.63, 3.8) is 0 Å². The number of hydrogen-bond donors (Lipinski definition) is 2. The fourth-order valence-corrected chi connectivity index (χ4v) is 4.94. The largest absolute Gasteiger partial charge is 0.328 e. The molecule has 3 N–H and O–H groups in total. The first-order valence-corrected chi connectivity index (χ1v) is 12.2. The molecular weight excluding hydrogens is 384 g/mol. The van der Waals surface area contributed by atoms with E-state index in [0.29, 0.717) is 6.04 Å². The molecular formula is C26H38N4O. The van der Waals surface area contributed by atoms with Crippen LogP contribution in [0.25, 0.3) is 0 Å². The summed E-state index contributed by atoms with van der Waals surface area (Å²) >= 11 is 0. The van der Waals surface area contributed by atoms with E-state index in [1.165, 1.54) is 61.6 Å². The zero-order chi connectivity index (χ0) is 21.6. The van der Waals surface area contributed by atoms with Crippen LogP contribution >= 0.6 is 0 Å². The molecule has 31 heavy (non-hydrogen) atoms. The molecule has 2 fully saturated rings. The average molecular weight is 423 g/mol. The van der Waals surface area contributed by atoms with Crippen LogP contribution in [0.15, 0.2) is 29.1 Å². The van der Waals surface area contributed by atoms with Crippen molar-refractivity contribution in [2.24, 2.45) is 5.73 Å². The van der Waals surface area contributed by atoms with Crippen LogP contribution in [0, 0.1) is 0 Å². The van der Waals surface area contributed by atoms with E-state index in [0.717, 1.165) is 55.9 Å². The molecule has 0 radical (unpaired) electrons. The Morgan fingerprint density at radius 2 is 1.68 bits per heavy atom. The van der Waals surface area contributed by atoms with Crippen LogP contribution in [0.2, 0.25) is 0 Å². The molecule has 1 aromatic heterocycles. The fraction of sp³-hybridized carbons (Fsp3) is 0.615. The van der Waals surface area contributed by atoms with E-state index < -0.39 is 0 Å². The van der Waals surface area contributed by atoms with Crippen molar-refractivity contribution < 1.29 is 0 Å². The standard InChI is InChI=1S/C23H31N3O.C3H7N/c1-26(19-10-3-2-4-11-19)16-18-9-7-8-17(14-18)15-22-20-12-5-6-13-21(20)23(27)25-24-22;4-3-1-2-3/h7-9,14,19H,2-6,10-13,15-16H2,1H3,(H,25,27);3H,1-2,4H2. The molecule has 5 heteroatoms. The topological polar surface area (TPSA) is 75.0 Å². The highest BCUT2D eigenvalue weighted by molar-refractivity contribution is 5.35. The summed E-state index contributed by atoms with van der Waals surface area (Å²) in [7, 11) is 2.27. The highest BCUT2D eigenvalue weighted by atomic mass is 16.1. The number of nitrogens with two attached hydrogens (primary N) is 1. The van der Waals surface area contributed by atoms with Gasteiger partial charge in [0.2, 0.25) is 0 Å². The van der Waals surface area contributed by atoms with E-state index in [2.05, 4.69) is 46.4 Å². The number of benzene rings is 1. The van der Waals surface area contributed by atoms with Crippen molar-refractivity contribution in [2.45, 2.75) is 95.7 Å². The highest BCUT2D eigenvalue weighted by Crippen LogP contribution is 2.24. The number of nitrogens with zero attached hydrogens (tertiary/aromatic N) is 2. The Morgan fingerprint density at radius 1 is 1.00 bits per heavy atom. The number of rotatable bonds is 5. The number of nitrogens with one attached hydrogen (secondary N) is 1. The Labute approximate surface area is 186 Å². The Bertz CT molecular complexity index is 912. The molecule has 5 rings (SSSR count). The molecule has 168 valence electrons. The minimum Gasteiger partial charge on any atom is -0.328 e. The van der Waals surface area contributed by atoms with E-state index in [-0.39, 0.29) is 5.56 Å². The zero-order valence-electron chi connectivity index (χ0n) is 19.0. The van der Waals surface area contributed by atoms with Crippen molar-refractivity contribution >= 4 is 0 Å². The van der Waals surface area contributed by atoms with Gasteiger partial charge in [-0.15, -0.1) is 0 Å². The summed E-state index contributed by atoms with van der Waals surface area (Å²) in [6, 6.07) is 10.2. The summed E-state index contributed by atoms with van der Waals surface area (Å²) in [4.78, 5) is 14.6. The average Bonchev–Trinajstić information content (AvgIpc) is 3.59. The lowest BCUT2D eigenvalue weighted by Gasteiger charge is -2.31. The molecule has 0 amide bonds. The molecule has 0 spiro atoms. The molecule has 0 aliphatic heterocycles. The lowest BCUT2D eigenvalue weighted by atomic mass is 9.90. The zero-order valence-corrected chi connectivity index (χ0v) is 19.0. The number of fused-ring (bicyclic) bond motifs is 1. The third kappa shape index (κ3) is 6.27. The minimum atomic E-state index is 0.0105. The first-order valence-electron chi connectivity index (χ1n) is 12.2. The predicted molar refractivity (Wildman–Crippen MR) is 126 cm³/mol. The molecule has 0 saturated heterocycles. The fourth-order valence-electron chi connectivity index (χ4n) is 4.94. The van der Waals surface area contributed by atoms with Gasteiger partial charge >= 0.3 is 0 Å². The van der Waals surface area contributed by atoms with Crippen LogP contribution in [0.5, 0.6) is 0 Å². The van der Waals surface area contributed by atoms with Crippen molar-refractivity contribution in [2.75, 3.05) is 7.05 Å². The third-order valence-electron chi connectivity index (χ3n) is 7.00. The van der Waals surface area contributed by atoms with E-state index in [4.69, 9.17) is 5.73 Å². The highest BCUT2D eigenvalue weighted by Gasteiger charge is 2.19. The molecule has 1 aromatic carbocycles. The number of aromatic amines is 1. The summed E-state index contributed by atoms with van der Waals surface area (Å²) in [6.07, 6.45) is 14.3. The summed E-state index contributed by atoms with van der Waals surface area (Å²) < 4.78 is 0. The molecule has 0 bridgehead atoms. The van der Waals surface area contributed by atoms with Gasteiger partial charge in [0.25, 0.3) is 5.56 Å². The quantitative estimate of drug-likeness (QED) is 0.760. The molecule has 5 nitrogen and oxygen atoms in total. The van der Waals surface area contributed by atoms with E-state index in [1.54, 1.807) is 0 Å². The van der Waals surface area contributed by atoms with Crippen LogP contribution in [0.3, 0.4) is 0 Å². The lowest BCUT2D eigenvalue weighted by Crippen LogP contribution is -2.32. The Morgan fingerprint density at radius 3 is 2.39 bits per heavy atom. The Hall–Kier alpha value is -1.98. The van der Waals surface area contributed by atoms with Gasteiger partial charge in [-0.2, -0.15) is 5.10 Å². The van der Waals surface area contributed by atoms with Crippen molar-refractivity contribution in [1.29, 1.82) is 0 Å². The van der Waals surface area contributed by atoms with Gasteiger partial charge in [0.05, 0.1) is 5.69 Å². The first kappa shape index (κ1) is 22.2. The van der Waals surface area contributed by atoms with Gasteiger partial charge in [0.1, 0.15) is 0 Å². The van der Waals surface area contributed by atoms with Gasteiger partial charge in [-0.3, -0.25) is 9.69 Å². The Kier molecular flexibility index (Phi) is 7.57. The van der Waals surface area contributed by atoms with Crippen LogP contribution in [0.4, 0.5) is 0 Å². The number of H-pyrrole nitrogens is 1. The van der Waals surface area contributed by atoms with E-state index in [9.17, 15) is 4.79 Å². The van der Waals surface area contributed by atoms with Gasteiger partial charge in [0, 0.05) is 30.6 Å². The van der Waals surface area contributed by atoms with Gasteiger partial charge in [0.15, 0.2) is 0 Å². The third-order valence-corrected chi connectivity index (χ3v) is 7.00. The van der Waals surface area contributed by atoms with Crippen LogP contribution in [-0.4, -0.2) is 34.2 Å². The molecule has 3 aliphatic rings. The second-order valence-electron chi connectivity index (χ2n) is 9.70. The SMILES string of the molecule is CN(Cc1cccc(Cc2n[nH]c(=O)c3c2CCCC3)c1)C1CCCCC1.NC1CC1. The summed E-state index contributed by atoms with van der Waals surface area (Å²) in [5, 5.41) is 7.13. The molecule has 1 heterocycles. The normalized spacial score (nSPS) is 18.9. The predicted octanol–water partition coefficient (Wildman–Crippen LogP) is 4.11. The van der Waals surface area contributed by atoms with Gasteiger partial charge in [-0.25, -0.2) is 5.10 Å². The number of aromatic nitrogens is 2. The molecule has 0 atom stereocenters. The molecule has 2 aromatic rings. The Balaban J connectivity index is 0.000000520. The maximum absolute atomic E-state index is 12.1. The second-order valence-corrected chi connectivity index (χ2v) is 9.70. The van der Waals surface area contributed by atoms with Gasteiger partial charge in [-0.05, 0) is 75.1 Å². The number of hydrogen-bond acceptors (Lipinski definition) is 4. The maximum atomic E-state index is 12.1. The van der Waals surface area contributed by atoms with E-state index in [1.807, 2.05) is 0 Å². The smallest absolute Gasteiger partial charge is 0.267 e. The maximum Gasteiger partial charge on any atom is 0.267 e.